The second-order valence-electron chi connectivity index (χ2n) is 7.61. The first-order chi connectivity index (χ1) is 12.1. The Morgan fingerprint density at radius 1 is 1.20 bits per heavy atom. The number of likely N-dealkylation sites (tertiary alicyclic amines) is 2. The molecule has 3 aliphatic heterocycles. The normalized spacial score (nSPS) is 28.8. The predicted octanol–water partition coefficient (Wildman–Crippen LogP) is 2.03. The van der Waals surface area contributed by atoms with Gasteiger partial charge in [0.2, 0.25) is 11.8 Å². The summed E-state index contributed by atoms with van der Waals surface area (Å²) >= 11 is 0. The van der Waals surface area contributed by atoms with Gasteiger partial charge in [-0.2, -0.15) is 0 Å². The molecule has 0 unspecified atom stereocenters. The molecule has 3 heterocycles. The molecule has 25 heavy (non-hydrogen) atoms. The van der Waals surface area contributed by atoms with Crippen LogP contribution in [0, 0.1) is 5.92 Å². The average molecular weight is 342 g/mol. The minimum Gasteiger partial charge on any atom is -0.381 e. The van der Waals surface area contributed by atoms with Crippen LogP contribution in [-0.4, -0.2) is 60.5 Å². The van der Waals surface area contributed by atoms with Crippen LogP contribution in [0.4, 0.5) is 0 Å². The Morgan fingerprint density at radius 3 is 2.56 bits per heavy atom. The maximum Gasteiger partial charge on any atom is 0.228 e. The summed E-state index contributed by atoms with van der Waals surface area (Å²) in [5.74, 6) is 0.702. The first kappa shape index (κ1) is 16.6. The largest absolute Gasteiger partial charge is 0.381 e. The van der Waals surface area contributed by atoms with Crippen molar-refractivity contribution < 1.29 is 14.3 Å². The number of hydrogen-bond donors (Lipinski definition) is 0. The van der Waals surface area contributed by atoms with Crippen molar-refractivity contribution >= 4 is 11.8 Å². The number of carbonyl (C=O) groups excluding carboxylic acids is 2. The molecule has 0 saturated carbocycles. The van der Waals surface area contributed by atoms with Gasteiger partial charge in [-0.3, -0.25) is 9.59 Å². The molecule has 5 nitrogen and oxygen atoms in total. The number of likely N-dealkylation sites (N-methyl/N-ethyl adjacent to an activating group) is 1. The molecular weight excluding hydrogens is 316 g/mol. The van der Waals surface area contributed by atoms with E-state index < -0.39 is 0 Å². The minimum atomic E-state index is -0.151. The molecule has 1 aromatic carbocycles. The third-order valence-electron chi connectivity index (χ3n) is 6.49. The highest BCUT2D eigenvalue weighted by molar-refractivity contribution is 5.82. The molecule has 0 radical (unpaired) electrons. The molecule has 4 rings (SSSR count). The van der Waals surface area contributed by atoms with Gasteiger partial charge in [-0.05, 0) is 24.8 Å². The second kappa shape index (κ2) is 6.45. The third kappa shape index (κ3) is 2.74. The quantitative estimate of drug-likeness (QED) is 0.826. The molecule has 0 aromatic heterocycles. The Labute approximate surface area is 148 Å². The van der Waals surface area contributed by atoms with Crippen molar-refractivity contribution in [3.8, 4) is 0 Å². The van der Waals surface area contributed by atoms with Crippen LogP contribution in [0.15, 0.2) is 30.3 Å². The highest BCUT2D eigenvalue weighted by Crippen LogP contribution is 2.48. The summed E-state index contributed by atoms with van der Waals surface area (Å²) in [5, 5.41) is 0. The summed E-state index contributed by atoms with van der Waals surface area (Å²) in [4.78, 5) is 29.1. The average Bonchev–Trinajstić information content (AvgIpc) is 3.27. The summed E-state index contributed by atoms with van der Waals surface area (Å²) in [5.41, 5.74) is 1.09. The summed E-state index contributed by atoms with van der Waals surface area (Å²) in [7, 11) is 1.94. The number of nitrogens with zero attached hydrogens (tertiary/aromatic N) is 2. The lowest BCUT2D eigenvalue weighted by Crippen LogP contribution is -2.55. The Balaban J connectivity index is 1.52. The monoisotopic (exact) mass is 342 g/mol. The van der Waals surface area contributed by atoms with E-state index in [1.807, 2.05) is 35.0 Å². The van der Waals surface area contributed by atoms with E-state index >= 15 is 0 Å². The van der Waals surface area contributed by atoms with E-state index in [2.05, 4.69) is 12.1 Å². The molecule has 0 bridgehead atoms. The summed E-state index contributed by atoms with van der Waals surface area (Å²) in [6.45, 7) is 2.72. The van der Waals surface area contributed by atoms with Crippen molar-refractivity contribution in [3.05, 3.63) is 35.9 Å². The number of rotatable bonds is 2. The fourth-order valence-electron chi connectivity index (χ4n) is 4.88. The fraction of sp³-hybridized carbons (Fsp3) is 0.600. The first-order valence-corrected chi connectivity index (χ1v) is 9.30. The maximum absolute atomic E-state index is 12.7. The minimum absolute atomic E-state index is 0.0295. The molecule has 1 spiro atoms. The van der Waals surface area contributed by atoms with E-state index in [1.165, 1.54) is 5.56 Å². The van der Waals surface area contributed by atoms with E-state index in [0.29, 0.717) is 19.6 Å². The van der Waals surface area contributed by atoms with Gasteiger partial charge in [0.1, 0.15) is 0 Å². The van der Waals surface area contributed by atoms with Gasteiger partial charge in [0.15, 0.2) is 0 Å². The van der Waals surface area contributed by atoms with Gasteiger partial charge in [0, 0.05) is 39.1 Å². The van der Waals surface area contributed by atoms with Crippen molar-refractivity contribution in [1.29, 1.82) is 0 Å². The summed E-state index contributed by atoms with van der Waals surface area (Å²) in [6.07, 6.45) is 3.12. The van der Waals surface area contributed by atoms with E-state index in [1.54, 1.807) is 0 Å². The van der Waals surface area contributed by atoms with Crippen LogP contribution < -0.4 is 0 Å². The van der Waals surface area contributed by atoms with Crippen LogP contribution >= 0.6 is 0 Å². The zero-order valence-corrected chi connectivity index (χ0v) is 14.8. The molecule has 2 amide bonds. The Hall–Kier alpha value is -1.88. The van der Waals surface area contributed by atoms with E-state index in [4.69, 9.17) is 4.74 Å². The Bertz CT molecular complexity index is 646. The van der Waals surface area contributed by atoms with Crippen molar-refractivity contribution in [2.24, 2.45) is 5.92 Å². The van der Waals surface area contributed by atoms with Crippen LogP contribution in [-0.2, 0) is 14.3 Å². The van der Waals surface area contributed by atoms with Crippen molar-refractivity contribution in [2.45, 2.75) is 37.1 Å². The highest BCUT2D eigenvalue weighted by atomic mass is 16.5. The summed E-state index contributed by atoms with van der Waals surface area (Å²) in [6, 6.07) is 10.4. The number of piperidine rings is 1. The van der Waals surface area contributed by atoms with Crippen LogP contribution in [0.3, 0.4) is 0 Å². The van der Waals surface area contributed by atoms with Gasteiger partial charge in [0.05, 0.1) is 18.1 Å². The molecular formula is C20H26N2O3. The number of benzene rings is 1. The van der Waals surface area contributed by atoms with Crippen LogP contribution in [0.5, 0.6) is 0 Å². The Kier molecular flexibility index (Phi) is 4.28. The van der Waals surface area contributed by atoms with E-state index in [9.17, 15) is 9.59 Å². The zero-order chi connectivity index (χ0) is 17.4. The predicted molar refractivity (Wildman–Crippen MR) is 94.0 cm³/mol. The lowest BCUT2D eigenvalue weighted by molar-refractivity contribution is -0.139. The molecule has 134 valence electrons. The van der Waals surface area contributed by atoms with Crippen LogP contribution in [0.25, 0.3) is 0 Å². The summed E-state index contributed by atoms with van der Waals surface area (Å²) < 4.78 is 5.37. The Morgan fingerprint density at radius 2 is 1.92 bits per heavy atom. The molecule has 2 atom stereocenters. The molecule has 3 fully saturated rings. The van der Waals surface area contributed by atoms with Gasteiger partial charge in [-0.25, -0.2) is 0 Å². The maximum atomic E-state index is 12.7. The SMILES string of the molecule is CN1C(=O)C[C@H](c2ccccc2)C12CCN(C(=O)[C@H]1CCOC1)CC2. The number of carbonyl (C=O) groups is 2. The second-order valence-corrected chi connectivity index (χ2v) is 7.61. The molecule has 1 aromatic rings. The third-order valence-corrected chi connectivity index (χ3v) is 6.49. The lowest BCUT2D eigenvalue weighted by Gasteiger charge is -2.47. The number of hydrogen-bond acceptors (Lipinski definition) is 3. The first-order valence-electron chi connectivity index (χ1n) is 9.30. The van der Waals surface area contributed by atoms with Crippen molar-refractivity contribution in [3.63, 3.8) is 0 Å². The number of ether oxygens (including phenoxy) is 1. The van der Waals surface area contributed by atoms with Gasteiger partial charge < -0.3 is 14.5 Å². The van der Waals surface area contributed by atoms with E-state index in [-0.39, 0.29) is 29.2 Å². The molecule has 0 aliphatic carbocycles. The van der Waals surface area contributed by atoms with Gasteiger partial charge in [0.25, 0.3) is 0 Å². The molecule has 3 saturated heterocycles. The standard InChI is InChI=1S/C20H26N2O3/c1-21-18(23)13-17(15-5-3-2-4-6-15)20(21)8-10-22(11-9-20)19(24)16-7-12-25-14-16/h2-6,16-17H,7-14H2,1H3/t16-,17+/m0/s1. The van der Waals surface area contributed by atoms with Crippen LogP contribution in [0.1, 0.15) is 37.2 Å². The van der Waals surface area contributed by atoms with Gasteiger partial charge in [-0.15, -0.1) is 0 Å². The molecule has 5 heteroatoms. The highest BCUT2D eigenvalue weighted by Gasteiger charge is 2.53. The van der Waals surface area contributed by atoms with Gasteiger partial charge >= 0.3 is 0 Å². The lowest BCUT2D eigenvalue weighted by atomic mass is 9.73. The molecule has 3 aliphatic rings. The van der Waals surface area contributed by atoms with Gasteiger partial charge in [-0.1, -0.05) is 30.3 Å². The van der Waals surface area contributed by atoms with Crippen molar-refractivity contribution in [2.75, 3.05) is 33.4 Å². The zero-order valence-electron chi connectivity index (χ0n) is 14.8. The molecule has 0 N–H and O–H groups in total. The fourth-order valence-corrected chi connectivity index (χ4v) is 4.88. The van der Waals surface area contributed by atoms with E-state index in [0.717, 1.165) is 32.4 Å². The number of amides is 2. The topological polar surface area (TPSA) is 49.9 Å². The smallest absolute Gasteiger partial charge is 0.228 e. The van der Waals surface area contributed by atoms with Crippen LogP contribution in [0.2, 0.25) is 0 Å². The van der Waals surface area contributed by atoms with Crippen molar-refractivity contribution in [1.82, 2.24) is 9.80 Å².